The lowest BCUT2D eigenvalue weighted by molar-refractivity contribution is 0.386. The summed E-state index contributed by atoms with van der Waals surface area (Å²) < 4.78 is 20.0. The normalized spacial score (nSPS) is 18.2. The largest absolute Gasteiger partial charge is 0.494 e. The molecule has 146 valence electrons. The van der Waals surface area contributed by atoms with Crippen LogP contribution in [0.3, 0.4) is 0 Å². The minimum absolute atomic E-state index is 0.227. The smallest absolute Gasteiger partial charge is 0.222 e. The van der Waals surface area contributed by atoms with E-state index in [1.54, 1.807) is 17.4 Å². The molecule has 4 aromatic rings. The summed E-state index contributed by atoms with van der Waals surface area (Å²) in [6, 6.07) is 11.2. The molecule has 0 spiro atoms. The summed E-state index contributed by atoms with van der Waals surface area (Å²) in [4.78, 5) is 13.3. The zero-order chi connectivity index (χ0) is 20.1. The van der Waals surface area contributed by atoms with Crippen molar-refractivity contribution in [1.29, 1.82) is 0 Å². The van der Waals surface area contributed by atoms with Crippen LogP contribution >= 0.6 is 22.9 Å². The number of aromatic nitrogens is 3. The maximum Gasteiger partial charge on any atom is 0.222 e. The van der Waals surface area contributed by atoms with Gasteiger partial charge in [-0.2, -0.15) is 0 Å². The molecular weight excluding hydrogens is 409 g/mol. The van der Waals surface area contributed by atoms with E-state index in [0.717, 1.165) is 44.0 Å². The molecule has 1 saturated carbocycles. The van der Waals surface area contributed by atoms with Crippen molar-refractivity contribution in [3.63, 3.8) is 0 Å². The van der Waals surface area contributed by atoms with E-state index in [4.69, 9.17) is 16.3 Å². The molecule has 0 aliphatic heterocycles. The fourth-order valence-electron chi connectivity index (χ4n) is 3.87. The molecule has 2 aromatic carbocycles. The fraction of sp³-hybridized carbons (Fsp3) is 0.227. The average molecular weight is 426 g/mol. The number of fused-ring (bicyclic) bond motifs is 1. The van der Waals surface area contributed by atoms with Gasteiger partial charge in [0.2, 0.25) is 5.28 Å². The Morgan fingerprint density at radius 3 is 2.83 bits per heavy atom. The topological polar surface area (TPSA) is 47.9 Å². The lowest BCUT2D eigenvalue weighted by Gasteiger charge is -2.10. The van der Waals surface area contributed by atoms with Gasteiger partial charge in [0, 0.05) is 17.3 Å². The summed E-state index contributed by atoms with van der Waals surface area (Å²) in [7, 11) is 1.48. The number of benzene rings is 2. The van der Waals surface area contributed by atoms with Crippen LogP contribution in [0.4, 0.5) is 4.39 Å². The molecule has 7 heteroatoms. The third kappa shape index (κ3) is 3.36. The zero-order valence-corrected chi connectivity index (χ0v) is 17.4. The van der Waals surface area contributed by atoms with Crippen molar-refractivity contribution < 1.29 is 9.13 Å². The minimum atomic E-state index is -0.350. The Kier molecular flexibility index (Phi) is 4.48. The Labute approximate surface area is 176 Å². The second kappa shape index (κ2) is 7.04. The van der Waals surface area contributed by atoms with Gasteiger partial charge >= 0.3 is 0 Å². The van der Waals surface area contributed by atoms with Gasteiger partial charge in [-0.3, -0.25) is 0 Å². The van der Waals surface area contributed by atoms with Crippen LogP contribution in [0.5, 0.6) is 5.75 Å². The maximum absolute atomic E-state index is 13.8. The fourth-order valence-corrected chi connectivity index (χ4v) is 4.87. The first-order valence-corrected chi connectivity index (χ1v) is 10.5. The summed E-state index contributed by atoms with van der Waals surface area (Å²) in [6.07, 6.45) is 2.77. The molecule has 2 aromatic heterocycles. The van der Waals surface area contributed by atoms with E-state index in [-0.39, 0.29) is 28.7 Å². The number of nitrogens with zero attached hydrogens (tertiary/aromatic N) is 3. The van der Waals surface area contributed by atoms with Crippen LogP contribution in [0.2, 0.25) is 5.28 Å². The minimum Gasteiger partial charge on any atom is -0.494 e. The number of methoxy groups -OCH3 is 1. The highest BCUT2D eigenvalue weighted by Gasteiger charge is 2.42. The van der Waals surface area contributed by atoms with E-state index >= 15 is 0 Å². The van der Waals surface area contributed by atoms with Crippen LogP contribution in [0.15, 0.2) is 42.6 Å². The maximum atomic E-state index is 13.8. The highest BCUT2D eigenvalue weighted by molar-refractivity contribution is 7.18. The monoisotopic (exact) mass is 425 g/mol. The van der Waals surface area contributed by atoms with E-state index in [1.807, 2.05) is 31.3 Å². The van der Waals surface area contributed by atoms with Crippen molar-refractivity contribution in [2.75, 3.05) is 7.11 Å². The van der Waals surface area contributed by atoms with E-state index in [2.05, 4.69) is 21.0 Å². The molecule has 5 rings (SSSR count). The molecule has 0 bridgehead atoms. The Morgan fingerprint density at radius 1 is 1.14 bits per heavy atom. The lowest BCUT2D eigenvalue weighted by Crippen LogP contribution is -1.96. The van der Waals surface area contributed by atoms with Crippen molar-refractivity contribution >= 4 is 33.2 Å². The average Bonchev–Trinajstić information content (AvgIpc) is 3.41. The Morgan fingerprint density at radius 2 is 2.00 bits per heavy atom. The number of hydrogen-bond donors (Lipinski definition) is 0. The van der Waals surface area contributed by atoms with Crippen molar-refractivity contribution in [3.8, 4) is 17.0 Å². The third-order valence-electron chi connectivity index (χ3n) is 5.35. The van der Waals surface area contributed by atoms with Gasteiger partial charge in [0.15, 0.2) is 11.6 Å². The second-order valence-corrected chi connectivity index (χ2v) is 8.77. The Balaban J connectivity index is 1.53. The number of rotatable bonds is 4. The van der Waals surface area contributed by atoms with Crippen molar-refractivity contribution in [3.05, 3.63) is 69.8 Å². The standard InChI is InChI=1S/C22H17ClFN3OS/c1-11-26-18-6-4-13(8-20(18)29-11)21-16(10-25-22(23)27-21)15-9-14(15)12-3-5-17(24)19(7-12)28-2/h3-8,10,14-15H,9H2,1-2H3. The molecule has 2 atom stereocenters. The van der Waals surface area contributed by atoms with Crippen LogP contribution in [-0.2, 0) is 0 Å². The molecule has 0 N–H and O–H groups in total. The van der Waals surface area contributed by atoms with Crippen LogP contribution in [0.25, 0.3) is 21.5 Å². The highest BCUT2D eigenvalue weighted by atomic mass is 35.5. The zero-order valence-electron chi connectivity index (χ0n) is 15.8. The Hall–Kier alpha value is -2.57. The molecule has 1 fully saturated rings. The molecule has 2 unspecified atom stereocenters. The van der Waals surface area contributed by atoms with Gasteiger partial charge in [0.1, 0.15) is 0 Å². The van der Waals surface area contributed by atoms with Crippen molar-refractivity contribution in [2.45, 2.75) is 25.2 Å². The quantitative estimate of drug-likeness (QED) is 0.369. The number of ether oxygens (including phenoxy) is 1. The lowest BCUT2D eigenvalue weighted by atomic mass is 10.0. The van der Waals surface area contributed by atoms with Crippen molar-refractivity contribution in [1.82, 2.24) is 15.0 Å². The van der Waals surface area contributed by atoms with E-state index < -0.39 is 0 Å². The number of aryl methyl sites for hydroxylation is 1. The number of hydrogen-bond acceptors (Lipinski definition) is 5. The molecule has 1 aliphatic carbocycles. The summed E-state index contributed by atoms with van der Waals surface area (Å²) in [5.74, 6) is 0.461. The summed E-state index contributed by atoms with van der Waals surface area (Å²) >= 11 is 7.80. The van der Waals surface area contributed by atoms with Crippen molar-refractivity contribution in [2.24, 2.45) is 0 Å². The molecule has 2 heterocycles. The van der Waals surface area contributed by atoms with Crippen LogP contribution in [-0.4, -0.2) is 22.1 Å². The van der Waals surface area contributed by atoms with Crippen LogP contribution < -0.4 is 4.74 Å². The summed E-state index contributed by atoms with van der Waals surface area (Å²) in [5.41, 5.74) is 4.95. The molecule has 1 aliphatic rings. The Bertz CT molecular complexity index is 1240. The molecular formula is C22H17ClFN3OS. The molecule has 0 saturated heterocycles. The van der Waals surface area contributed by atoms with Gasteiger partial charge in [0.05, 0.1) is 28.0 Å². The van der Waals surface area contributed by atoms with Crippen LogP contribution in [0.1, 0.15) is 34.4 Å². The molecule has 0 radical (unpaired) electrons. The second-order valence-electron chi connectivity index (χ2n) is 7.20. The van der Waals surface area contributed by atoms with Gasteiger partial charge in [0.25, 0.3) is 0 Å². The molecule has 29 heavy (non-hydrogen) atoms. The number of thiazole rings is 1. The summed E-state index contributed by atoms with van der Waals surface area (Å²) in [6.45, 7) is 2.00. The highest BCUT2D eigenvalue weighted by Crippen LogP contribution is 2.56. The first-order chi connectivity index (χ1) is 14.0. The van der Waals surface area contributed by atoms with Gasteiger partial charge < -0.3 is 4.74 Å². The van der Waals surface area contributed by atoms with E-state index in [9.17, 15) is 4.39 Å². The van der Waals surface area contributed by atoms with Gasteiger partial charge in [-0.1, -0.05) is 12.1 Å². The predicted octanol–water partition coefficient (Wildman–Crippen LogP) is 6.13. The first-order valence-electron chi connectivity index (χ1n) is 9.27. The summed E-state index contributed by atoms with van der Waals surface area (Å²) in [5, 5.41) is 1.26. The molecule has 4 nitrogen and oxygen atoms in total. The van der Waals surface area contributed by atoms with Gasteiger partial charge in [-0.15, -0.1) is 11.3 Å². The van der Waals surface area contributed by atoms with E-state index in [1.165, 1.54) is 13.2 Å². The predicted molar refractivity (Wildman–Crippen MR) is 113 cm³/mol. The number of halogens is 2. The van der Waals surface area contributed by atoms with Gasteiger partial charge in [-0.25, -0.2) is 19.3 Å². The third-order valence-corrected chi connectivity index (χ3v) is 6.47. The van der Waals surface area contributed by atoms with Gasteiger partial charge in [-0.05, 0) is 66.6 Å². The van der Waals surface area contributed by atoms with E-state index in [0.29, 0.717) is 0 Å². The first kappa shape index (κ1) is 18.5. The molecule has 0 amide bonds. The SMILES string of the molecule is COc1cc(C2CC2c2cnc(Cl)nc2-c2ccc3nc(C)sc3c2)ccc1F. The van der Waals surface area contributed by atoms with Crippen LogP contribution in [0, 0.1) is 12.7 Å².